The highest BCUT2D eigenvalue weighted by Crippen LogP contribution is 2.37. The Kier molecular flexibility index (Phi) is 7.77. The molecule has 0 spiro atoms. The maximum atomic E-state index is 6.40. The summed E-state index contributed by atoms with van der Waals surface area (Å²) in [7, 11) is -1.57. The van der Waals surface area contributed by atoms with Crippen LogP contribution in [0.4, 0.5) is 0 Å². The second kappa shape index (κ2) is 7.69. The van der Waals surface area contributed by atoms with Crippen molar-refractivity contribution < 1.29 is 4.43 Å². The molecule has 0 aromatic heterocycles. The summed E-state index contributed by atoms with van der Waals surface area (Å²) >= 11 is 0. The maximum absolute atomic E-state index is 6.40. The average Bonchev–Trinajstić information content (AvgIpc) is 2.21. The summed E-state index contributed by atoms with van der Waals surface area (Å²) in [6, 6.07) is 0. The lowest BCUT2D eigenvalue weighted by molar-refractivity contribution is 0.178. The Balaban J connectivity index is 4.01. The molecule has 1 nitrogen and oxygen atoms in total. The zero-order valence-electron chi connectivity index (χ0n) is 14.1. The van der Waals surface area contributed by atoms with Crippen LogP contribution in [-0.4, -0.2) is 14.4 Å². The largest absolute Gasteiger partial charge is 0.414 e. The van der Waals surface area contributed by atoms with Gasteiger partial charge in [0.25, 0.3) is 0 Å². The van der Waals surface area contributed by atoms with Crippen molar-refractivity contribution in [1.29, 1.82) is 0 Å². The summed E-state index contributed by atoms with van der Waals surface area (Å²) in [6.07, 6.45) is 7.03. The molecule has 0 fully saturated rings. The van der Waals surface area contributed by atoms with Crippen molar-refractivity contribution in [3.63, 3.8) is 0 Å². The van der Waals surface area contributed by atoms with Crippen LogP contribution in [0.3, 0.4) is 0 Å². The topological polar surface area (TPSA) is 9.23 Å². The van der Waals surface area contributed by atoms with E-state index in [1.54, 1.807) is 0 Å². The van der Waals surface area contributed by atoms with Gasteiger partial charge in [0, 0.05) is 6.10 Å². The van der Waals surface area contributed by atoms with Crippen molar-refractivity contribution >= 4 is 8.32 Å². The third-order valence-electron chi connectivity index (χ3n) is 4.42. The standard InChI is InChI=1S/C16H36OSi/c1-9-10-11-14(2)12-13-15(3)17-18(7,8)16(4,5)6/h14-15H,9-13H2,1-8H3. The first kappa shape index (κ1) is 18.2. The van der Waals surface area contributed by atoms with Gasteiger partial charge in [-0.25, -0.2) is 0 Å². The van der Waals surface area contributed by atoms with E-state index in [1.807, 2.05) is 0 Å². The highest BCUT2D eigenvalue weighted by atomic mass is 28.4. The first-order chi connectivity index (χ1) is 8.10. The van der Waals surface area contributed by atoms with Crippen LogP contribution in [-0.2, 0) is 4.43 Å². The van der Waals surface area contributed by atoms with Crippen molar-refractivity contribution in [3.05, 3.63) is 0 Å². The number of hydrogen-bond donors (Lipinski definition) is 0. The fraction of sp³-hybridized carbons (Fsp3) is 1.00. The SMILES string of the molecule is CCCCC(C)CCC(C)O[Si](C)(C)C(C)(C)C. The van der Waals surface area contributed by atoms with Crippen LogP contribution in [0.15, 0.2) is 0 Å². The lowest BCUT2D eigenvalue weighted by Gasteiger charge is -2.38. The van der Waals surface area contributed by atoms with Crippen LogP contribution in [0.2, 0.25) is 18.1 Å². The molecule has 0 aliphatic heterocycles. The number of unbranched alkanes of at least 4 members (excludes halogenated alkanes) is 1. The predicted molar refractivity (Wildman–Crippen MR) is 85.7 cm³/mol. The normalized spacial score (nSPS) is 16.7. The molecule has 0 N–H and O–H groups in total. The molecular formula is C16H36OSi. The minimum absolute atomic E-state index is 0.328. The summed E-state index contributed by atoms with van der Waals surface area (Å²) < 4.78 is 6.40. The van der Waals surface area contributed by atoms with Crippen LogP contribution < -0.4 is 0 Å². The Morgan fingerprint density at radius 1 is 1.00 bits per heavy atom. The molecule has 0 aromatic carbocycles. The molecule has 0 aromatic rings. The van der Waals surface area contributed by atoms with Crippen molar-refractivity contribution in [2.24, 2.45) is 5.92 Å². The summed E-state index contributed by atoms with van der Waals surface area (Å²) in [5.41, 5.74) is 0. The molecule has 0 rings (SSSR count). The first-order valence-electron chi connectivity index (χ1n) is 7.78. The fourth-order valence-corrected chi connectivity index (χ4v) is 3.43. The minimum atomic E-state index is -1.57. The molecule has 2 heteroatoms. The molecule has 0 heterocycles. The van der Waals surface area contributed by atoms with Gasteiger partial charge >= 0.3 is 0 Å². The van der Waals surface area contributed by atoms with Crippen LogP contribution in [0.1, 0.15) is 73.6 Å². The average molecular weight is 273 g/mol. The molecule has 0 aliphatic carbocycles. The van der Waals surface area contributed by atoms with Gasteiger partial charge in [-0.2, -0.15) is 0 Å². The van der Waals surface area contributed by atoms with Gasteiger partial charge < -0.3 is 4.43 Å². The molecule has 0 amide bonds. The smallest absolute Gasteiger partial charge is 0.192 e. The van der Waals surface area contributed by atoms with E-state index in [2.05, 4.69) is 54.6 Å². The van der Waals surface area contributed by atoms with Gasteiger partial charge in [-0.3, -0.25) is 0 Å². The lowest BCUT2D eigenvalue weighted by atomic mass is 9.98. The van der Waals surface area contributed by atoms with Crippen LogP contribution >= 0.6 is 0 Å². The Labute approximate surface area is 117 Å². The molecule has 18 heavy (non-hydrogen) atoms. The van der Waals surface area contributed by atoms with Crippen LogP contribution in [0.25, 0.3) is 0 Å². The molecule has 110 valence electrons. The van der Waals surface area contributed by atoms with E-state index in [9.17, 15) is 0 Å². The van der Waals surface area contributed by atoms with E-state index < -0.39 is 8.32 Å². The fourth-order valence-electron chi connectivity index (χ4n) is 1.95. The predicted octanol–water partition coefficient (Wildman–Crippen LogP) is 6.00. The molecule has 0 bridgehead atoms. The van der Waals surface area contributed by atoms with E-state index in [1.165, 1.54) is 32.1 Å². The Hall–Kier alpha value is 0.177. The Morgan fingerprint density at radius 3 is 2.00 bits per heavy atom. The molecule has 0 radical (unpaired) electrons. The highest BCUT2D eigenvalue weighted by molar-refractivity contribution is 6.74. The summed E-state index contributed by atoms with van der Waals surface area (Å²) in [5.74, 6) is 0.857. The third kappa shape index (κ3) is 6.94. The van der Waals surface area contributed by atoms with Gasteiger partial charge in [-0.15, -0.1) is 0 Å². The molecular weight excluding hydrogens is 236 g/mol. The number of hydrogen-bond acceptors (Lipinski definition) is 1. The van der Waals surface area contributed by atoms with E-state index in [0.717, 1.165) is 5.92 Å². The lowest BCUT2D eigenvalue weighted by Crippen LogP contribution is -2.43. The quantitative estimate of drug-likeness (QED) is 0.492. The van der Waals surface area contributed by atoms with E-state index >= 15 is 0 Å². The Morgan fingerprint density at radius 2 is 1.56 bits per heavy atom. The molecule has 2 unspecified atom stereocenters. The molecule has 0 saturated carbocycles. The Bertz CT molecular complexity index is 218. The van der Waals surface area contributed by atoms with E-state index in [0.29, 0.717) is 11.1 Å². The third-order valence-corrected chi connectivity index (χ3v) is 9.02. The first-order valence-corrected chi connectivity index (χ1v) is 10.7. The second-order valence-corrected chi connectivity index (χ2v) is 12.3. The zero-order valence-corrected chi connectivity index (χ0v) is 15.1. The van der Waals surface area contributed by atoms with Gasteiger partial charge in [-0.1, -0.05) is 53.9 Å². The molecule has 0 saturated heterocycles. The van der Waals surface area contributed by atoms with Crippen molar-refractivity contribution in [2.45, 2.75) is 97.9 Å². The highest BCUT2D eigenvalue weighted by Gasteiger charge is 2.38. The molecule has 0 aliphatic rings. The van der Waals surface area contributed by atoms with E-state index in [4.69, 9.17) is 4.43 Å². The van der Waals surface area contributed by atoms with Crippen molar-refractivity contribution in [1.82, 2.24) is 0 Å². The summed E-state index contributed by atoms with van der Waals surface area (Å²) in [4.78, 5) is 0. The molecule has 2 atom stereocenters. The second-order valence-electron chi connectivity index (χ2n) is 7.51. The summed E-state index contributed by atoms with van der Waals surface area (Å²) in [5, 5.41) is 0.328. The van der Waals surface area contributed by atoms with E-state index in [-0.39, 0.29) is 0 Å². The monoisotopic (exact) mass is 272 g/mol. The summed E-state index contributed by atoms with van der Waals surface area (Å²) in [6.45, 7) is 18.6. The zero-order chi connectivity index (χ0) is 14.4. The van der Waals surface area contributed by atoms with Gasteiger partial charge in [0.05, 0.1) is 0 Å². The van der Waals surface area contributed by atoms with Gasteiger partial charge in [0.1, 0.15) is 0 Å². The maximum Gasteiger partial charge on any atom is 0.192 e. The van der Waals surface area contributed by atoms with Gasteiger partial charge in [0.15, 0.2) is 8.32 Å². The van der Waals surface area contributed by atoms with Crippen LogP contribution in [0.5, 0.6) is 0 Å². The minimum Gasteiger partial charge on any atom is -0.414 e. The van der Waals surface area contributed by atoms with Crippen molar-refractivity contribution in [3.8, 4) is 0 Å². The van der Waals surface area contributed by atoms with Crippen molar-refractivity contribution in [2.75, 3.05) is 0 Å². The van der Waals surface area contributed by atoms with Gasteiger partial charge in [0.2, 0.25) is 0 Å². The number of rotatable bonds is 8. The van der Waals surface area contributed by atoms with Crippen LogP contribution in [0, 0.1) is 5.92 Å². The van der Waals surface area contributed by atoms with Gasteiger partial charge in [-0.05, 0) is 43.8 Å².